The van der Waals surface area contributed by atoms with Gasteiger partial charge in [-0.2, -0.15) is 0 Å². The lowest BCUT2D eigenvalue weighted by Gasteiger charge is -2.17. The number of hydrogen-bond donors (Lipinski definition) is 1. The maximum Gasteiger partial charge on any atom is 0.260 e. The van der Waals surface area contributed by atoms with E-state index in [9.17, 15) is 18.4 Å². The molecular weight excluding hydrogens is 396 g/mol. The molecule has 3 heterocycles. The van der Waals surface area contributed by atoms with Gasteiger partial charge >= 0.3 is 0 Å². The van der Waals surface area contributed by atoms with Crippen molar-refractivity contribution in [2.24, 2.45) is 0 Å². The molecule has 150 valence electrons. The van der Waals surface area contributed by atoms with E-state index in [1.807, 2.05) is 13.8 Å². The monoisotopic (exact) mass is 415 g/mol. The summed E-state index contributed by atoms with van der Waals surface area (Å²) < 4.78 is 27.0. The zero-order chi connectivity index (χ0) is 20.7. The van der Waals surface area contributed by atoms with Crippen molar-refractivity contribution in [1.29, 1.82) is 0 Å². The van der Waals surface area contributed by atoms with E-state index in [0.29, 0.717) is 28.9 Å². The molecule has 1 aromatic carbocycles. The SMILES string of the molecule is Cc1sc2nc(/C(=C\c3ccc(F)c(F)c3)C(=O)N3CCCC3)[nH]c(=O)c2c1C. The second-order valence-electron chi connectivity index (χ2n) is 7.11. The average molecular weight is 415 g/mol. The molecule has 1 N–H and O–H groups in total. The number of thiophene rings is 1. The Labute approximate surface area is 169 Å². The van der Waals surface area contributed by atoms with Crippen LogP contribution in [0, 0.1) is 25.5 Å². The van der Waals surface area contributed by atoms with Gasteiger partial charge in [-0.15, -0.1) is 11.3 Å². The van der Waals surface area contributed by atoms with Crippen molar-refractivity contribution in [3.63, 3.8) is 0 Å². The summed E-state index contributed by atoms with van der Waals surface area (Å²) in [6.07, 6.45) is 3.24. The molecule has 1 amide bonds. The summed E-state index contributed by atoms with van der Waals surface area (Å²) in [5.41, 5.74) is 1.01. The van der Waals surface area contributed by atoms with Gasteiger partial charge in [0.05, 0.1) is 11.0 Å². The highest BCUT2D eigenvalue weighted by atomic mass is 32.1. The van der Waals surface area contributed by atoms with E-state index in [1.165, 1.54) is 23.5 Å². The van der Waals surface area contributed by atoms with Gasteiger partial charge in [0.1, 0.15) is 10.7 Å². The van der Waals surface area contributed by atoms with Gasteiger partial charge in [-0.05, 0) is 56.0 Å². The molecule has 0 aliphatic carbocycles. The number of rotatable bonds is 3. The van der Waals surface area contributed by atoms with Gasteiger partial charge in [-0.3, -0.25) is 9.59 Å². The number of aryl methyl sites for hydroxylation is 2. The number of benzene rings is 1. The van der Waals surface area contributed by atoms with Crippen molar-refractivity contribution in [2.75, 3.05) is 13.1 Å². The molecule has 29 heavy (non-hydrogen) atoms. The number of fused-ring (bicyclic) bond motifs is 1. The highest BCUT2D eigenvalue weighted by Crippen LogP contribution is 2.28. The molecule has 0 unspecified atom stereocenters. The van der Waals surface area contributed by atoms with E-state index < -0.39 is 11.6 Å². The van der Waals surface area contributed by atoms with Gasteiger partial charge < -0.3 is 9.88 Å². The molecule has 4 rings (SSSR count). The van der Waals surface area contributed by atoms with E-state index >= 15 is 0 Å². The van der Waals surface area contributed by atoms with E-state index in [4.69, 9.17) is 0 Å². The number of nitrogens with zero attached hydrogens (tertiary/aromatic N) is 2. The van der Waals surface area contributed by atoms with Crippen LogP contribution in [0.3, 0.4) is 0 Å². The van der Waals surface area contributed by atoms with Gasteiger partial charge in [0.15, 0.2) is 11.6 Å². The predicted octanol–water partition coefficient (Wildman–Crippen LogP) is 4.04. The van der Waals surface area contributed by atoms with E-state index in [2.05, 4.69) is 9.97 Å². The van der Waals surface area contributed by atoms with Gasteiger partial charge in [0.2, 0.25) is 0 Å². The molecule has 1 fully saturated rings. The van der Waals surface area contributed by atoms with Crippen molar-refractivity contribution in [3.8, 4) is 0 Å². The molecule has 0 saturated carbocycles. The molecule has 1 aliphatic heterocycles. The van der Waals surface area contributed by atoms with Crippen LogP contribution in [-0.2, 0) is 4.79 Å². The highest BCUT2D eigenvalue weighted by molar-refractivity contribution is 7.18. The number of carbonyl (C=O) groups excluding carboxylic acids is 1. The minimum Gasteiger partial charge on any atom is -0.339 e. The lowest BCUT2D eigenvalue weighted by Crippen LogP contribution is -2.29. The molecule has 1 aliphatic rings. The summed E-state index contributed by atoms with van der Waals surface area (Å²) in [5, 5.41) is 0.511. The number of aromatic nitrogens is 2. The lowest BCUT2D eigenvalue weighted by molar-refractivity contribution is -0.123. The Balaban J connectivity index is 1.89. The molecule has 3 aromatic rings. The topological polar surface area (TPSA) is 66.1 Å². The molecule has 0 radical (unpaired) electrons. The molecule has 5 nitrogen and oxygen atoms in total. The number of amides is 1. The second kappa shape index (κ2) is 7.51. The first-order valence-electron chi connectivity index (χ1n) is 9.31. The molecular formula is C21H19F2N3O2S. The molecule has 0 atom stereocenters. The zero-order valence-electron chi connectivity index (χ0n) is 16.0. The summed E-state index contributed by atoms with van der Waals surface area (Å²) in [6, 6.07) is 3.40. The fourth-order valence-electron chi connectivity index (χ4n) is 3.47. The fourth-order valence-corrected chi connectivity index (χ4v) is 4.50. The Bertz CT molecular complexity index is 1210. The summed E-state index contributed by atoms with van der Waals surface area (Å²) >= 11 is 1.39. The van der Waals surface area contributed by atoms with Gasteiger partial charge in [0.25, 0.3) is 11.5 Å². The van der Waals surface area contributed by atoms with Crippen molar-refractivity contribution in [3.05, 3.63) is 62.0 Å². The first-order chi connectivity index (χ1) is 13.8. The molecule has 1 saturated heterocycles. The van der Waals surface area contributed by atoms with Crippen LogP contribution in [0.1, 0.15) is 34.7 Å². The number of likely N-dealkylation sites (tertiary alicyclic amines) is 1. The Morgan fingerprint density at radius 3 is 2.62 bits per heavy atom. The number of H-pyrrole nitrogens is 1. The third kappa shape index (κ3) is 3.60. The van der Waals surface area contributed by atoms with Crippen molar-refractivity contribution in [1.82, 2.24) is 14.9 Å². The Hall–Kier alpha value is -2.87. The minimum absolute atomic E-state index is 0.130. The Morgan fingerprint density at radius 2 is 1.93 bits per heavy atom. The highest BCUT2D eigenvalue weighted by Gasteiger charge is 2.25. The number of halogens is 2. The first-order valence-corrected chi connectivity index (χ1v) is 10.1. The van der Waals surface area contributed by atoms with Crippen LogP contribution in [0.4, 0.5) is 8.78 Å². The van der Waals surface area contributed by atoms with Crippen LogP contribution in [0.15, 0.2) is 23.0 Å². The molecule has 2 aromatic heterocycles. The third-order valence-corrected chi connectivity index (χ3v) is 6.27. The largest absolute Gasteiger partial charge is 0.339 e. The number of nitrogens with one attached hydrogen (secondary N) is 1. The van der Waals surface area contributed by atoms with Gasteiger partial charge in [0, 0.05) is 18.0 Å². The van der Waals surface area contributed by atoms with Crippen molar-refractivity contribution in [2.45, 2.75) is 26.7 Å². The number of hydrogen-bond acceptors (Lipinski definition) is 4. The first kappa shape index (κ1) is 19.4. The standard InChI is InChI=1S/C21H19F2N3O2S/c1-11-12(2)29-20-17(11)19(27)24-18(25-20)14(21(28)26-7-3-4-8-26)9-13-5-6-15(22)16(23)10-13/h5-6,9-10H,3-4,7-8H2,1-2H3,(H,24,25,27)/b14-9+. The van der Waals surface area contributed by atoms with E-state index in [1.54, 1.807) is 4.90 Å². The van der Waals surface area contributed by atoms with Crippen LogP contribution in [0.5, 0.6) is 0 Å². The smallest absolute Gasteiger partial charge is 0.260 e. The minimum atomic E-state index is -1.01. The molecule has 0 spiro atoms. The molecule has 0 bridgehead atoms. The van der Waals surface area contributed by atoms with E-state index in [0.717, 1.165) is 35.4 Å². The second-order valence-corrected chi connectivity index (χ2v) is 8.31. The van der Waals surface area contributed by atoms with Gasteiger partial charge in [-0.1, -0.05) is 6.07 Å². The summed E-state index contributed by atoms with van der Waals surface area (Å²) in [4.78, 5) is 36.3. The number of aromatic amines is 1. The normalized spacial score (nSPS) is 14.8. The summed E-state index contributed by atoms with van der Waals surface area (Å²) in [7, 11) is 0. The van der Waals surface area contributed by atoms with Crippen LogP contribution in [-0.4, -0.2) is 33.9 Å². The summed E-state index contributed by atoms with van der Waals surface area (Å²) in [6.45, 7) is 4.99. The van der Waals surface area contributed by atoms with Crippen LogP contribution >= 0.6 is 11.3 Å². The Morgan fingerprint density at radius 1 is 1.21 bits per heavy atom. The molecule has 8 heteroatoms. The fraction of sp³-hybridized carbons (Fsp3) is 0.286. The maximum atomic E-state index is 13.7. The van der Waals surface area contributed by atoms with Crippen LogP contribution < -0.4 is 5.56 Å². The van der Waals surface area contributed by atoms with Crippen LogP contribution in [0.25, 0.3) is 21.9 Å². The maximum absolute atomic E-state index is 13.7. The Kier molecular flexibility index (Phi) is 5.04. The third-order valence-electron chi connectivity index (χ3n) is 5.17. The quantitative estimate of drug-likeness (QED) is 0.657. The van der Waals surface area contributed by atoms with Gasteiger partial charge in [-0.25, -0.2) is 13.8 Å². The zero-order valence-corrected chi connectivity index (χ0v) is 16.8. The number of carbonyl (C=O) groups is 1. The van der Waals surface area contributed by atoms with E-state index in [-0.39, 0.29) is 22.9 Å². The van der Waals surface area contributed by atoms with Crippen molar-refractivity contribution >= 4 is 39.1 Å². The van der Waals surface area contributed by atoms with Crippen molar-refractivity contribution < 1.29 is 13.6 Å². The average Bonchev–Trinajstić information content (AvgIpc) is 3.31. The lowest BCUT2D eigenvalue weighted by atomic mass is 10.1. The van der Waals surface area contributed by atoms with Crippen LogP contribution in [0.2, 0.25) is 0 Å². The summed E-state index contributed by atoms with van der Waals surface area (Å²) in [5.74, 6) is -2.13. The predicted molar refractivity (Wildman–Crippen MR) is 110 cm³/mol.